The number of hydrogen-bond donors (Lipinski definition) is 3. The van der Waals surface area contributed by atoms with Crippen LogP contribution in [0.5, 0.6) is 0 Å². The molecule has 3 N–H and O–H groups in total. The molecule has 18 nitrogen and oxygen atoms in total. The Morgan fingerprint density at radius 2 is 1.21 bits per heavy atom. The zero-order chi connectivity index (χ0) is 44.8. The van der Waals surface area contributed by atoms with E-state index in [0.717, 1.165) is 49.0 Å². The van der Waals surface area contributed by atoms with E-state index in [9.17, 15) is 21.6 Å². The lowest BCUT2D eigenvalue weighted by atomic mass is 9.84. The molecule has 4 aliphatic rings. The molecule has 0 spiro atoms. The second kappa shape index (κ2) is 20.2. The van der Waals surface area contributed by atoms with Gasteiger partial charge in [0, 0.05) is 30.8 Å². The third kappa shape index (κ3) is 11.9. The number of sulfonamides is 2. The molecular weight excluding hydrogens is 845 g/mol. The first-order valence-electron chi connectivity index (χ1n) is 22.5. The highest BCUT2D eigenvalue weighted by Gasteiger charge is 2.33. The number of amides is 1. The van der Waals surface area contributed by atoms with Gasteiger partial charge in [-0.15, -0.1) is 20.4 Å². The average molecular weight is 909 g/mol. The van der Waals surface area contributed by atoms with Crippen molar-refractivity contribution in [1.29, 1.82) is 0 Å². The van der Waals surface area contributed by atoms with Crippen LogP contribution in [0, 0.1) is 11.8 Å². The topological polar surface area (TPSA) is 221 Å². The number of hydrogen-bond acceptors (Lipinski definition) is 13. The zero-order valence-electron chi connectivity index (χ0n) is 37.3. The van der Waals surface area contributed by atoms with E-state index in [0.29, 0.717) is 48.6 Å². The summed E-state index contributed by atoms with van der Waals surface area (Å²) in [6.07, 6.45) is 15.5. The average Bonchev–Trinajstić information content (AvgIpc) is 4.12. The molecule has 2 aliphatic heterocycles. The summed E-state index contributed by atoms with van der Waals surface area (Å²) in [7, 11) is -4.32. The van der Waals surface area contributed by atoms with Crippen LogP contribution in [0.3, 0.4) is 0 Å². The maximum atomic E-state index is 12.5. The van der Waals surface area contributed by atoms with Gasteiger partial charge in [-0.1, -0.05) is 76.3 Å². The molecule has 4 heterocycles. The van der Waals surface area contributed by atoms with Crippen LogP contribution in [0.2, 0.25) is 0 Å². The van der Waals surface area contributed by atoms with Gasteiger partial charge >= 0.3 is 6.09 Å². The molecule has 0 bridgehead atoms. The van der Waals surface area contributed by atoms with Crippen molar-refractivity contribution >= 4 is 26.1 Å². The Labute approximate surface area is 371 Å². The van der Waals surface area contributed by atoms with Crippen molar-refractivity contribution in [1.82, 2.24) is 60.1 Å². The number of nitrogens with zero attached hydrogens (tertiary/aromatic N) is 9. The van der Waals surface area contributed by atoms with E-state index in [2.05, 4.69) is 45.6 Å². The first-order valence-corrected chi connectivity index (χ1v) is 25.5. The van der Waals surface area contributed by atoms with Gasteiger partial charge in [-0.2, -0.15) is 9.59 Å². The summed E-state index contributed by atoms with van der Waals surface area (Å²) >= 11 is 0. The molecule has 2 aromatic carbocycles. The van der Waals surface area contributed by atoms with Gasteiger partial charge in [-0.05, 0) is 125 Å². The predicted molar refractivity (Wildman–Crippen MR) is 238 cm³/mol. The quantitative estimate of drug-likeness (QED) is 0.161. The fourth-order valence-electron chi connectivity index (χ4n) is 9.09. The number of likely N-dealkylation sites (tertiary alicyclic amines) is 1. The van der Waals surface area contributed by atoms with E-state index in [1.165, 1.54) is 78.3 Å². The van der Waals surface area contributed by atoms with E-state index >= 15 is 0 Å². The van der Waals surface area contributed by atoms with Crippen molar-refractivity contribution in [2.24, 2.45) is 11.8 Å². The van der Waals surface area contributed by atoms with Crippen LogP contribution in [0.1, 0.15) is 121 Å². The van der Waals surface area contributed by atoms with Crippen molar-refractivity contribution in [3.05, 3.63) is 47.5 Å². The molecule has 8 rings (SSSR count). The number of carbonyl (C=O) groups is 1. The van der Waals surface area contributed by atoms with Gasteiger partial charge in [0.05, 0.1) is 21.9 Å². The number of aromatic nitrogens is 8. The van der Waals surface area contributed by atoms with Gasteiger partial charge in [0.2, 0.25) is 31.7 Å². The molecule has 0 radical (unpaired) electrons. The van der Waals surface area contributed by atoms with E-state index < -0.39 is 25.6 Å². The lowest BCUT2D eigenvalue weighted by Crippen LogP contribution is -2.35. The Morgan fingerprint density at radius 3 is 1.65 bits per heavy atom. The minimum absolute atomic E-state index is 0.116. The van der Waals surface area contributed by atoms with Crippen LogP contribution in [0.15, 0.2) is 46.2 Å². The highest BCUT2D eigenvalue weighted by atomic mass is 32.2. The fraction of sp³-hybridized carbons (Fsp3) is 0.651. The highest BCUT2D eigenvalue weighted by Crippen LogP contribution is 2.34. The molecule has 1 amide bonds. The first-order chi connectivity index (χ1) is 30.1. The van der Waals surface area contributed by atoms with Gasteiger partial charge < -0.3 is 15.0 Å². The molecule has 20 heteroatoms. The third-order valence-electron chi connectivity index (χ3n) is 12.6. The van der Waals surface area contributed by atoms with Gasteiger partial charge in [-0.3, -0.25) is 0 Å². The molecule has 4 aromatic rings. The molecule has 2 aromatic heterocycles. The summed E-state index contributed by atoms with van der Waals surface area (Å²) in [4.78, 5) is 17.7. The largest absolute Gasteiger partial charge is 0.444 e. The van der Waals surface area contributed by atoms with Crippen LogP contribution < -0.4 is 14.8 Å². The lowest BCUT2D eigenvalue weighted by molar-refractivity contribution is 0.0287. The number of ether oxygens (including phenoxy) is 1. The van der Waals surface area contributed by atoms with Crippen molar-refractivity contribution in [3.8, 4) is 22.8 Å². The van der Waals surface area contributed by atoms with Gasteiger partial charge in [0.15, 0.2) is 0 Å². The summed E-state index contributed by atoms with van der Waals surface area (Å²) in [5, 5.41) is 29.6. The molecule has 63 heavy (non-hydrogen) atoms. The van der Waals surface area contributed by atoms with Crippen LogP contribution in [0.4, 0.5) is 4.79 Å². The van der Waals surface area contributed by atoms with Crippen LogP contribution in [0.25, 0.3) is 22.8 Å². The minimum atomic E-state index is -3.61. The Hall–Kier alpha value is -4.37. The van der Waals surface area contributed by atoms with Crippen molar-refractivity contribution in [3.63, 3.8) is 0 Å². The van der Waals surface area contributed by atoms with Gasteiger partial charge in [-0.25, -0.2) is 31.1 Å². The maximum absolute atomic E-state index is 12.5. The minimum Gasteiger partial charge on any atom is -0.444 e. The molecule has 2 saturated carbocycles. The normalized spacial score (nSPS) is 20.4. The van der Waals surface area contributed by atoms with Crippen molar-refractivity contribution in [2.75, 3.05) is 40.3 Å². The molecule has 4 fully saturated rings. The summed E-state index contributed by atoms with van der Waals surface area (Å²) in [5.74, 6) is 2.11. The maximum Gasteiger partial charge on any atom is 0.410 e. The number of rotatable bonds is 12. The number of benzene rings is 2. The van der Waals surface area contributed by atoms with Crippen LogP contribution in [-0.4, -0.2) is 114 Å². The van der Waals surface area contributed by atoms with Gasteiger partial charge in [0.1, 0.15) is 5.60 Å². The molecular formula is C43H64N12O6S2. The third-order valence-corrected chi connectivity index (χ3v) is 15.5. The highest BCUT2D eigenvalue weighted by molar-refractivity contribution is 7.89. The van der Waals surface area contributed by atoms with Crippen LogP contribution in [-0.2, 0) is 37.6 Å². The molecule has 2 aliphatic carbocycles. The zero-order valence-corrected chi connectivity index (χ0v) is 38.9. The summed E-state index contributed by atoms with van der Waals surface area (Å²) < 4.78 is 59.8. The fourth-order valence-corrected chi connectivity index (χ4v) is 10.6. The van der Waals surface area contributed by atoms with E-state index in [1.807, 2.05) is 32.9 Å². The molecule has 344 valence electrons. The Balaban J connectivity index is 0.000000193. The summed E-state index contributed by atoms with van der Waals surface area (Å²) in [6.45, 7) is 8.31. The Bertz CT molecular complexity index is 2400. The first kappa shape index (κ1) is 46.6. The molecule has 2 unspecified atom stereocenters. The number of carbonyl (C=O) groups excluding carboxylic acids is 1. The van der Waals surface area contributed by atoms with Crippen LogP contribution >= 0.6 is 0 Å². The lowest BCUT2D eigenvalue weighted by Gasteiger charge is -2.24. The monoisotopic (exact) mass is 908 g/mol. The molecule has 2 saturated heterocycles. The smallest absolute Gasteiger partial charge is 0.410 e. The van der Waals surface area contributed by atoms with Crippen molar-refractivity contribution in [2.45, 2.75) is 138 Å². The second-order valence-corrected chi connectivity index (χ2v) is 22.1. The second-order valence-electron chi connectivity index (χ2n) is 18.4. The molecule has 2 atom stereocenters. The summed E-state index contributed by atoms with van der Waals surface area (Å²) in [5.41, 5.74) is 3.06. The van der Waals surface area contributed by atoms with Crippen molar-refractivity contribution < 1.29 is 26.4 Å². The standard InChI is InChI=1S/C24H36N6O4S.C19H28N6O2S/c1-24(2,3)34-23(31)29-13-12-19(16-29)30-27-22(26-28-30)21-15-20(35(32,33)25-4)11-10-18(21)14-17-8-6-5-7-9-17;1-20-28(26,27)17-8-7-15(11-14-5-3-2-4-6-14)18(12-17)19-22-24-25(23-19)16-9-10-21-13-16/h10-11,15,17,19,25H,5-9,12-14,16H2,1-4H3;7-8,12,14,16,20-21H,2-6,9-11,13H2,1H3. The summed E-state index contributed by atoms with van der Waals surface area (Å²) in [6, 6.07) is 10.6. The number of nitrogens with one attached hydrogen (secondary N) is 3. The van der Waals surface area contributed by atoms with Gasteiger partial charge in [0.25, 0.3) is 0 Å². The van der Waals surface area contributed by atoms with E-state index in [1.54, 1.807) is 38.8 Å². The predicted octanol–water partition coefficient (Wildman–Crippen LogP) is 5.46. The Kier molecular flexibility index (Phi) is 15.0. The van der Waals surface area contributed by atoms with E-state index in [4.69, 9.17) is 4.74 Å². The SMILES string of the molecule is CNS(=O)(=O)c1ccc(CC2CCCCC2)c(-c2nnn(C3CCN(C(=O)OC(C)(C)C)C3)n2)c1.CNS(=O)(=O)c1ccc(CC2CCCCC2)c(-c2nnn(C3CCNC3)n2)c1. The van der Waals surface area contributed by atoms with E-state index in [-0.39, 0.29) is 28.0 Å². The number of tetrazole rings is 2. The Morgan fingerprint density at radius 1 is 0.714 bits per heavy atom.